The van der Waals surface area contributed by atoms with Crippen LogP contribution in [0, 0.1) is 11.8 Å². The highest BCUT2D eigenvalue weighted by atomic mass is 16.3. The molecule has 3 aliphatic rings. The summed E-state index contributed by atoms with van der Waals surface area (Å²) in [4.78, 5) is 46.7. The summed E-state index contributed by atoms with van der Waals surface area (Å²) in [6.07, 6.45) is 2.06. The molecule has 4 rings (SSSR count). The van der Waals surface area contributed by atoms with Gasteiger partial charge in [0.15, 0.2) is 11.4 Å². The molecule has 0 aliphatic heterocycles. The summed E-state index contributed by atoms with van der Waals surface area (Å²) in [6, 6.07) is -1.00. The minimum Gasteiger partial charge on any atom is -0.510 e. The summed E-state index contributed by atoms with van der Waals surface area (Å²) in [5, 5.41) is 44.4. The Morgan fingerprint density at radius 3 is 2.46 bits per heavy atom. The average molecular weight is 487 g/mol. The number of nitrogens with two attached hydrogens (primary N) is 1. The maximum Gasteiger partial charge on any atom is 0.255 e. The summed E-state index contributed by atoms with van der Waals surface area (Å²) in [6.45, 7) is 2.36. The molecular formula is C24H30N4O7. The molecule has 0 saturated carbocycles. The maximum absolute atomic E-state index is 13.6. The van der Waals surface area contributed by atoms with Gasteiger partial charge in [-0.05, 0) is 38.8 Å². The minimum atomic E-state index is -2.64. The summed E-state index contributed by atoms with van der Waals surface area (Å²) in [5.74, 6) is -6.24. The number of anilines is 1. The molecule has 1 aromatic heterocycles. The van der Waals surface area contributed by atoms with Gasteiger partial charge >= 0.3 is 0 Å². The first-order chi connectivity index (χ1) is 16.4. The van der Waals surface area contributed by atoms with Crippen molar-refractivity contribution in [2.75, 3.05) is 32.6 Å². The second-order valence-electron chi connectivity index (χ2n) is 9.70. The normalized spacial score (nSPS) is 28.1. The van der Waals surface area contributed by atoms with Crippen molar-refractivity contribution in [3.8, 4) is 5.75 Å². The number of aromatic hydroxyl groups is 1. The molecule has 0 unspecified atom stereocenters. The topological polar surface area (TPSA) is 178 Å². The van der Waals surface area contributed by atoms with E-state index in [1.807, 2.05) is 6.92 Å². The van der Waals surface area contributed by atoms with Crippen molar-refractivity contribution in [3.63, 3.8) is 0 Å². The Balaban J connectivity index is 1.96. The first kappa shape index (κ1) is 24.7. The highest BCUT2D eigenvalue weighted by Gasteiger charge is 2.63. The van der Waals surface area contributed by atoms with E-state index in [1.165, 1.54) is 0 Å². The largest absolute Gasteiger partial charge is 0.510 e. The van der Waals surface area contributed by atoms with E-state index >= 15 is 0 Å². The Labute approximate surface area is 202 Å². The van der Waals surface area contributed by atoms with E-state index in [4.69, 9.17) is 5.73 Å². The number of pyridine rings is 1. The van der Waals surface area contributed by atoms with E-state index in [9.17, 15) is 34.8 Å². The molecule has 11 heteroatoms. The van der Waals surface area contributed by atoms with Crippen molar-refractivity contribution in [1.82, 2.24) is 9.88 Å². The fourth-order valence-corrected chi connectivity index (χ4v) is 5.92. The molecule has 0 bridgehead atoms. The molecule has 0 fully saturated rings. The maximum atomic E-state index is 13.6. The molecule has 0 saturated heterocycles. The zero-order chi connectivity index (χ0) is 26.0. The molecule has 6 N–H and O–H groups in total. The number of aromatic nitrogens is 1. The number of Topliss-reactive ketones (excluding diaryl/α,β-unsaturated/α-hetero) is 2. The van der Waals surface area contributed by atoms with E-state index < -0.39 is 58.0 Å². The van der Waals surface area contributed by atoms with E-state index in [0.29, 0.717) is 24.3 Å². The van der Waals surface area contributed by atoms with Gasteiger partial charge in [0.05, 0.1) is 17.8 Å². The van der Waals surface area contributed by atoms with E-state index in [-0.39, 0.29) is 29.7 Å². The lowest BCUT2D eigenvalue weighted by molar-refractivity contribution is -0.149. The fourth-order valence-electron chi connectivity index (χ4n) is 5.92. The molecule has 188 valence electrons. The SMILES string of the molecule is CCCN(C)[C@@H]1C(O)=C(C(N)=O)C(=O)[C@@]2(O)C(O)=C3C(=O)c4c(O)cnc(N(C)C)c4C[C@H]3C[C@@H]12. The van der Waals surface area contributed by atoms with Gasteiger partial charge in [0.1, 0.15) is 28.7 Å². The van der Waals surface area contributed by atoms with Crippen LogP contribution in [0.25, 0.3) is 0 Å². The van der Waals surface area contributed by atoms with Gasteiger partial charge in [-0.15, -0.1) is 0 Å². The average Bonchev–Trinajstić information content (AvgIpc) is 2.76. The number of nitrogens with zero attached hydrogens (tertiary/aromatic N) is 3. The number of aliphatic hydroxyl groups excluding tert-OH is 2. The lowest BCUT2D eigenvalue weighted by atomic mass is 9.58. The summed E-state index contributed by atoms with van der Waals surface area (Å²) >= 11 is 0. The summed E-state index contributed by atoms with van der Waals surface area (Å²) in [7, 11) is 5.16. The van der Waals surface area contributed by atoms with Gasteiger partial charge in [-0.3, -0.25) is 19.3 Å². The number of hydrogen-bond donors (Lipinski definition) is 5. The van der Waals surface area contributed by atoms with Crippen molar-refractivity contribution >= 4 is 23.3 Å². The van der Waals surface area contributed by atoms with Crippen LogP contribution in [-0.4, -0.2) is 87.1 Å². The van der Waals surface area contributed by atoms with Crippen molar-refractivity contribution in [2.24, 2.45) is 17.6 Å². The third-order valence-electron chi connectivity index (χ3n) is 7.37. The standard InChI is InChI=1S/C24H30N4O7/c1-5-6-28(4)17-12-8-10-7-11-15(13(29)9-26-23(11)27(2)3)18(30)14(10)20(32)24(12,35)21(33)16(19(17)31)22(25)34/h9-10,12,17,29,31-32,35H,5-8H2,1-4H3,(H2,25,34)/t10-,12-,17-,24-/m0/s1. The molecule has 0 aromatic carbocycles. The predicted octanol–water partition coefficient (Wildman–Crippen LogP) is 0.362. The fraction of sp³-hybridized carbons (Fsp3) is 0.500. The van der Waals surface area contributed by atoms with Gasteiger partial charge in [-0.2, -0.15) is 0 Å². The van der Waals surface area contributed by atoms with Crippen molar-refractivity contribution in [1.29, 1.82) is 0 Å². The van der Waals surface area contributed by atoms with Crippen LogP contribution in [0.15, 0.2) is 28.9 Å². The van der Waals surface area contributed by atoms with Gasteiger partial charge in [0.2, 0.25) is 5.78 Å². The smallest absolute Gasteiger partial charge is 0.255 e. The molecule has 0 spiro atoms. The lowest BCUT2D eigenvalue weighted by Crippen LogP contribution is -2.64. The van der Waals surface area contributed by atoms with Crippen LogP contribution in [0.2, 0.25) is 0 Å². The summed E-state index contributed by atoms with van der Waals surface area (Å²) < 4.78 is 0. The van der Waals surface area contributed by atoms with Crippen molar-refractivity contribution in [2.45, 2.75) is 37.8 Å². The Morgan fingerprint density at radius 2 is 1.89 bits per heavy atom. The first-order valence-electron chi connectivity index (χ1n) is 11.4. The van der Waals surface area contributed by atoms with Crippen molar-refractivity contribution < 1.29 is 34.8 Å². The van der Waals surface area contributed by atoms with Crippen LogP contribution in [0.4, 0.5) is 5.82 Å². The molecule has 0 radical (unpaired) electrons. The van der Waals surface area contributed by atoms with Crippen LogP contribution < -0.4 is 10.6 Å². The van der Waals surface area contributed by atoms with Crippen LogP contribution >= 0.6 is 0 Å². The highest BCUT2D eigenvalue weighted by molar-refractivity contribution is 6.24. The number of fused-ring (bicyclic) bond motifs is 3. The van der Waals surface area contributed by atoms with Gasteiger partial charge in [-0.1, -0.05) is 6.92 Å². The lowest BCUT2D eigenvalue weighted by Gasteiger charge is -2.50. The Hall–Kier alpha value is -3.44. The van der Waals surface area contributed by atoms with Gasteiger partial charge in [-0.25, -0.2) is 4.98 Å². The zero-order valence-electron chi connectivity index (χ0n) is 20.1. The van der Waals surface area contributed by atoms with Gasteiger partial charge in [0.25, 0.3) is 5.91 Å². The number of amides is 1. The van der Waals surface area contributed by atoms with Crippen LogP contribution in [0.3, 0.4) is 0 Å². The van der Waals surface area contributed by atoms with E-state index in [2.05, 4.69) is 4.98 Å². The first-order valence-corrected chi connectivity index (χ1v) is 11.4. The number of ketones is 2. The Morgan fingerprint density at radius 1 is 1.23 bits per heavy atom. The third kappa shape index (κ3) is 3.33. The van der Waals surface area contributed by atoms with E-state index in [1.54, 1.807) is 30.9 Å². The van der Waals surface area contributed by atoms with Gasteiger partial charge in [0, 0.05) is 31.1 Å². The number of likely N-dealkylation sites (N-methyl/N-ethyl adjacent to an activating group) is 1. The highest BCUT2D eigenvalue weighted by Crippen LogP contribution is 2.52. The monoisotopic (exact) mass is 486 g/mol. The van der Waals surface area contributed by atoms with Gasteiger partial charge < -0.3 is 31.1 Å². The molecule has 35 heavy (non-hydrogen) atoms. The Bertz CT molecular complexity index is 1200. The summed E-state index contributed by atoms with van der Waals surface area (Å²) in [5.41, 5.74) is 2.18. The number of rotatable bonds is 5. The molecule has 3 aliphatic carbocycles. The second kappa shape index (κ2) is 8.35. The molecular weight excluding hydrogens is 456 g/mol. The molecule has 1 heterocycles. The molecule has 1 amide bonds. The van der Waals surface area contributed by atoms with Crippen molar-refractivity contribution in [3.05, 3.63) is 40.0 Å². The number of carbonyl (C=O) groups excluding carboxylic acids is 3. The van der Waals surface area contributed by atoms with Crippen LogP contribution in [-0.2, 0) is 16.0 Å². The molecule has 4 atom stereocenters. The van der Waals surface area contributed by atoms with E-state index in [0.717, 1.165) is 6.20 Å². The third-order valence-corrected chi connectivity index (χ3v) is 7.37. The predicted molar refractivity (Wildman–Crippen MR) is 125 cm³/mol. The zero-order valence-corrected chi connectivity index (χ0v) is 20.1. The molecule has 11 nitrogen and oxygen atoms in total. The Kier molecular flexibility index (Phi) is 5.89. The number of carbonyl (C=O) groups is 3. The number of primary amides is 1. The number of aliphatic hydroxyl groups is 3. The van der Waals surface area contributed by atoms with Crippen LogP contribution in [0.1, 0.15) is 35.7 Å². The number of allylic oxidation sites excluding steroid dienone is 1. The number of hydrogen-bond acceptors (Lipinski definition) is 10. The minimum absolute atomic E-state index is 0.0458. The second-order valence-corrected chi connectivity index (χ2v) is 9.70. The quantitative estimate of drug-likeness (QED) is 0.365. The van der Waals surface area contributed by atoms with Crippen LogP contribution in [0.5, 0.6) is 5.75 Å². The molecule has 1 aromatic rings.